The van der Waals surface area contributed by atoms with E-state index in [0.29, 0.717) is 24.6 Å². The van der Waals surface area contributed by atoms with Crippen LogP contribution in [0.2, 0.25) is 0 Å². The third-order valence-corrected chi connectivity index (χ3v) is 5.60. The first-order chi connectivity index (χ1) is 13.2. The maximum atomic E-state index is 12.6. The summed E-state index contributed by atoms with van der Waals surface area (Å²) in [5.41, 5.74) is 0.661. The number of hydrogen-bond acceptors (Lipinski definition) is 4. The van der Waals surface area contributed by atoms with Crippen LogP contribution in [0.25, 0.3) is 0 Å². The zero-order valence-electron chi connectivity index (χ0n) is 16.1. The van der Waals surface area contributed by atoms with E-state index in [2.05, 4.69) is 5.32 Å². The fraction of sp³-hybridized carbons (Fsp3) is 0.619. The molecule has 2 saturated heterocycles. The number of likely N-dealkylation sites (tertiary alicyclic amines) is 1. The molecule has 0 bridgehead atoms. The van der Waals surface area contributed by atoms with Crippen molar-refractivity contribution < 1.29 is 19.1 Å². The predicted molar refractivity (Wildman–Crippen MR) is 103 cm³/mol. The molecule has 2 amide bonds. The van der Waals surface area contributed by atoms with Crippen LogP contribution in [0.1, 0.15) is 42.5 Å². The van der Waals surface area contributed by atoms with E-state index in [0.717, 1.165) is 51.2 Å². The topological polar surface area (TPSA) is 67.9 Å². The Hall–Kier alpha value is -2.08. The Balaban J connectivity index is 1.39. The van der Waals surface area contributed by atoms with Crippen molar-refractivity contribution in [2.45, 2.75) is 32.1 Å². The molecule has 2 aliphatic rings. The van der Waals surface area contributed by atoms with Crippen LogP contribution in [-0.2, 0) is 9.53 Å². The molecule has 0 unspecified atom stereocenters. The minimum Gasteiger partial charge on any atom is -0.497 e. The number of amides is 2. The Morgan fingerprint density at radius 1 is 1.19 bits per heavy atom. The average molecular weight is 374 g/mol. The number of carbonyl (C=O) groups excluding carboxylic acids is 2. The molecule has 1 atom stereocenters. The molecule has 0 aromatic heterocycles. The molecule has 0 saturated carbocycles. The first-order valence-electron chi connectivity index (χ1n) is 9.96. The molecule has 2 aliphatic heterocycles. The number of carbonyl (C=O) groups is 2. The van der Waals surface area contributed by atoms with Gasteiger partial charge in [-0.15, -0.1) is 0 Å². The number of ether oxygens (including phenoxy) is 2. The maximum absolute atomic E-state index is 12.6. The summed E-state index contributed by atoms with van der Waals surface area (Å²) in [5.74, 6) is 1.47. The molecule has 2 fully saturated rings. The van der Waals surface area contributed by atoms with Crippen LogP contribution in [-0.4, -0.2) is 56.7 Å². The fourth-order valence-electron chi connectivity index (χ4n) is 3.84. The summed E-state index contributed by atoms with van der Waals surface area (Å²) in [7, 11) is 1.61. The summed E-state index contributed by atoms with van der Waals surface area (Å²) in [6.45, 7) is 3.66. The highest BCUT2D eigenvalue weighted by atomic mass is 16.5. The normalized spacial score (nSPS) is 20.9. The Morgan fingerprint density at radius 2 is 1.93 bits per heavy atom. The van der Waals surface area contributed by atoms with E-state index in [-0.39, 0.29) is 17.7 Å². The number of benzene rings is 1. The van der Waals surface area contributed by atoms with Crippen molar-refractivity contribution in [3.8, 4) is 5.75 Å². The van der Waals surface area contributed by atoms with Gasteiger partial charge in [0.1, 0.15) is 5.75 Å². The Morgan fingerprint density at radius 3 is 2.56 bits per heavy atom. The molecule has 27 heavy (non-hydrogen) atoms. The van der Waals surface area contributed by atoms with E-state index in [1.807, 2.05) is 4.90 Å². The molecule has 0 aliphatic carbocycles. The number of hydrogen-bond donors (Lipinski definition) is 1. The van der Waals surface area contributed by atoms with Gasteiger partial charge in [-0.1, -0.05) is 0 Å². The van der Waals surface area contributed by atoms with Crippen molar-refractivity contribution >= 4 is 11.8 Å². The van der Waals surface area contributed by atoms with Gasteiger partial charge in [0.15, 0.2) is 0 Å². The van der Waals surface area contributed by atoms with Crippen molar-refractivity contribution in [2.24, 2.45) is 11.8 Å². The molecule has 6 heteroatoms. The second-order valence-electron chi connectivity index (χ2n) is 7.46. The van der Waals surface area contributed by atoms with Crippen LogP contribution >= 0.6 is 0 Å². The van der Waals surface area contributed by atoms with Gasteiger partial charge in [-0.3, -0.25) is 9.59 Å². The van der Waals surface area contributed by atoms with E-state index < -0.39 is 0 Å². The number of piperidine rings is 1. The molecule has 1 N–H and O–H groups in total. The second-order valence-corrected chi connectivity index (χ2v) is 7.46. The number of rotatable bonds is 6. The molecule has 1 aromatic rings. The number of nitrogens with zero attached hydrogens (tertiary/aromatic N) is 1. The summed E-state index contributed by atoms with van der Waals surface area (Å²) >= 11 is 0. The number of methoxy groups -OCH3 is 1. The molecule has 1 aromatic carbocycles. The smallest absolute Gasteiger partial charge is 0.253 e. The minimum absolute atomic E-state index is 0.00697. The van der Waals surface area contributed by atoms with Crippen molar-refractivity contribution in [3.63, 3.8) is 0 Å². The highest BCUT2D eigenvalue weighted by Gasteiger charge is 2.27. The molecule has 2 heterocycles. The molecular weight excluding hydrogens is 344 g/mol. The van der Waals surface area contributed by atoms with Gasteiger partial charge in [-0.2, -0.15) is 0 Å². The monoisotopic (exact) mass is 374 g/mol. The first-order valence-corrected chi connectivity index (χ1v) is 9.96. The molecular formula is C21H30N2O4. The highest BCUT2D eigenvalue weighted by Crippen LogP contribution is 2.21. The largest absolute Gasteiger partial charge is 0.497 e. The number of nitrogens with one attached hydrogen (secondary N) is 1. The second kappa shape index (κ2) is 9.74. The van der Waals surface area contributed by atoms with Crippen LogP contribution in [0.3, 0.4) is 0 Å². The quantitative estimate of drug-likeness (QED) is 0.831. The van der Waals surface area contributed by atoms with Crippen molar-refractivity contribution in [3.05, 3.63) is 29.8 Å². The van der Waals surface area contributed by atoms with Crippen molar-refractivity contribution in [1.29, 1.82) is 0 Å². The summed E-state index contributed by atoms with van der Waals surface area (Å²) in [6, 6.07) is 7.17. The van der Waals surface area contributed by atoms with E-state index in [1.165, 1.54) is 6.42 Å². The lowest BCUT2D eigenvalue weighted by Crippen LogP contribution is -2.43. The van der Waals surface area contributed by atoms with E-state index in [4.69, 9.17) is 9.47 Å². The average Bonchev–Trinajstić information content (AvgIpc) is 2.74. The van der Waals surface area contributed by atoms with Gasteiger partial charge < -0.3 is 19.7 Å². The van der Waals surface area contributed by atoms with Gasteiger partial charge in [-0.25, -0.2) is 0 Å². The van der Waals surface area contributed by atoms with Crippen molar-refractivity contribution in [1.82, 2.24) is 10.2 Å². The lowest BCUT2D eigenvalue weighted by atomic mass is 9.94. The van der Waals surface area contributed by atoms with Crippen LogP contribution < -0.4 is 10.1 Å². The molecule has 148 valence electrons. The van der Waals surface area contributed by atoms with Gasteiger partial charge in [0.05, 0.1) is 7.11 Å². The third kappa shape index (κ3) is 5.45. The van der Waals surface area contributed by atoms with Crippen molar-refractivity contribution in [2.75, 3.05) is 40.0 Å². The Bertz CT molecular complexity index is 618. The van der Waals surface area contributed by atoms with Gasteiger partial charge >= 0.3 is 0 Å². The standard InChI is InChI=1S/C21H30N2O4/c1-26-19-6-4-18(5-7-19)21(25)23-12-9-17(10-13-23)20(24)22-11-8-16-3-2-14-27-15-16/h4-7,16-17H,2-3,8-15H2,1H3,(H,22,24)/t16-/m0/s1. The maximum Gasteiger partial charge on any atom is 0.253 e. The fourth-order valence-corrected chi connectivity index (χ4v) is 3.84. The zero-order valence-corrected chi connectivity index (χ0v) is 16.1. The predicted octanol–water partition coefficient (Wildman–Crippen LogP) is 2.48. The Labute approximate surface area is 161 Å². The van der Waals surface area contributed by atoms with E-state index >= 15 is 0 Å². The minimum atomic E-state index is 0.00697. The van der Waals surface area contributed by atoms with Crippen LogP contribution in [0.4, 0.5) is 0 Å². The van der Waals surface area contributed by atoms with Crippen LogP contribution in [0.15, 0.2) is 24.3 Å². The van der Waals surface area contributed by atoms with Gasteiger partial charge in [0, 0.05) is 44.3 Å². The summed E-state index contributed by atoms with van der Waals surface area (Å²) < 4.78 is 10.6. The molecule has 0 radical (unpaired) electrons. The highest BCUT2D eigenvalue weighted by molar-refractivity contribution is 5.94. The Kier molecular flexibility index (Phi) is 7.10. The van der Waals surface area contributed by atoms with Crippen LogP contribution in [0.5, 0.6) is 5.75 Å². The van der Waals surface area contributed by atoms with Gasteiger partial charge in [0.25, 0.3) is 5.91 Å². The van der Waals surface area contributed by atoms with Gasteiger partial charge in [0.2, 0.25) is 5.91 Å². The van der Waals surface area contributed by atoms with E-state index in [9.17, 15) is 9.59 Å². The summed E-state index contributed by atoms with van der Waals surface area (Å²) in [5, 5.41) is 3.08. The first kappa shape index (κ1) is 19.7. The summed E-state index contributed by atoms with van der Waals surface area (Å²) in [6.07, 6.45) is 4.75. The van der Waals surface area contributed by atoms with E-state index in [1.54, 1.807) is 31.4 Å². The molecule has 0 spiro atoms. The third-order valence-electron chi connectivity index (χ3n) is 5.60. The summed E-state index contributed by atoms with van der Waals surface area (Å²) in [4.78, 5) is 26.8. The lowest BCUT2D eigenvalue weighted by molar-refractivity contribution is -0.126. The van der Waals surface area contributed by atoms with Gasteiger partial charge in [-0.05, 0) is 62.3 Å². The molecule has 3 rings (SSSR count). The SMILES string of the molecule is COc1ccc(C(=O)N2CCC(C(=O)NCC[C@@H]3CCCOC3)CC2)cc1. The van der Waals surface area contributed by atoms with Crippen LogP contribution in [0, 0.1) is 11.8 Å². The zero-order chi connectivity index (χ0) is 19.1. The lowest BCUT2D eigenvalue weighted by Gasteiger charge is -2.31. The molecule has 6 nitrogen and oxygen atoms in total.